The number of hydrogen-bond donors (Lipinski definition) is 3. The first-order valence-corrected chi connectivity index (χ1v) is 6.82. The number of rotatable bonds is 8. The maximum absolute atomic E-state index is 11.7. The van der Waals surface area contributed by atoms with Crippen molar-refractivity contribution in [1.82, 2.24) is 10.6 Å². The molecule has 0 saturated heterocycles. The highest BCUT2D eigenvalue weighted by Gasteiger charge is 2.20. The maximum Gasteiger partial charge on any atom is 0.312 e. The first-order chi connectivity index (χ1) is 9.54. The average molecular weight is 278 g/mol. The summed E-state index contributed by atoms with van der Waals surface area (Å²) in [5.41, 5.74) is 0.690. The molecule has 0 spiro atoms. The lowest BCUT2D eigenvalue weighted by Gasteiger charge is -2.15. The summed E-state index contributed by atoms with van der Waals surface area (Å²) < 4.78 is 0. The van der Waals surface area contributed by atoms with E-state index >= 15 is 0 Å². The van der Waals surface area contributed by atoms with Gasteiger partial charge in [0.2, 0.25) is 5.91 Å². The van der Waals surface area contributed by atoms with E-state index in [0.717, 1.165) is 6.42 Å². The van der Waals surface area contributed by atoms with E-state index in [9.17, 15) is 14.7 Å². The van der Waals surface area contributed by atoms with Crippen molar-refractivity contribution in [1.29, 1.82) is 0 Å². The summed E-state index contributed by atoms with van der Waals surface area (Å²) in [6.07, 6.45) is 0.940. The summed E-state index contributed by atoms with van der Waals surface area (Å²) in [6, 6.07) is 9.18. The molecular formula is C15H22N2O3. The number of carbonyl (C=O) groups excluding carboxylic acids is 1. The lowest BCUT2D eigenvalue weighted by Crippen LogP contribution is -2.40. The summed E-state index contributed by atoms with van der Waals surface area (Å²) in [7, 11) is 0. The minimum Gasteiger partial charge on any atom is -0.481 e. The number of benzene rings is 1. The fraction of sp³-hybridized carbons (Fsp3) is 0.467. The van der Waals surface area contributed by atoms with Crippen molar-refractivity contribution in [2.24, 2.45) is 0 Å². The fourth-order valence-electron chi connectivity index (χ4n) is 1.72. The molecule has 0 radical (unpaired) electrons. The number of aliphatic carboxylic acids is 1. The largest absolute Gasteiger partial charge is 0.481 e. The molecule has 2 unspecified atom stereocenters. The van der Waals surface area contributed by atoms with Gasteiger partial charge in [0.05, 0.1) is 12.5 Å². The Morgan fingerprint density at radius 2 is 1.90 bits per heavy atom. The van der Waals surface area contributed by atoms with Crippen molar-refractivity contribution in [3.05, 3.63) is 35.9 Å². The molecule has 0 aliphatic rings. The minimum absolute atomic E-state index is 0.0976. The van der Waals surface area contributed by atoms with Crippen LogP contribution in [-0.4, -0.2) is 36.1 Å². The second-order valence-corrected chi connectivity index (χ2v) is 4.80. The number of hydrogen-bond acceptors (Lipinski definition) is 3. The molecule has 0 aliphatic heterocycles. The van der Waals surface area contributed by atoms with Crippen LogP contribution in [-0.2, 0) is 9.59 Å². The third-order valence-electron chi connectivity index (χ3n) is 3.23. The Kier molecular flexibility index (Phi) is 6.73. The zero-order chi connectivity index (χ0) is 15.0. The van der Waals surface area contributed by atoms with Crippen LogP contribution in [0.5, 0.6) is 0 Å². The molecule has 20 heavy (non-hydrogen) atoms. The molecule has 110 valence electrons. The van der Waals surface area contributed by atoms with E-state index in [1.165, 1.54) is 0 Å². The number of carbonyl (C=O) groups is 2. The van der Waals surface area contributed by atoms with Crippen molar-refractivity contribution in [2.45, 2.75) is 32.2 Å². The maximum atomic E-state index is 11.7. The SMILES string of the molecule is CCC(C)NCC(=O)NCC(C(=O)O)c1ccccc1. The van der Waals surface area contributed by atoms with Crippen LogP contribution in [0.1, 0.15) is 31.7 Å². The van der Waals surface area contributed by atoms with E-state index in [-0.39, 0.29) is 25.0 Å². The highest BCUT2D eigenvalue weighted by molar-refractivity contribution is 5.80. The molecule has 0 heterocycles. The Morgan fingerprint density at radius 3 is 2.45 bits per heavy atom. The normalized spacial score (nSPS) is 13.5. The van der Waals surface area contributed by atoms with Gasteiger partial charge in [-0.15, -0.1) is 0 Å². The molecule has 1 aromatic rings. The molecule has 3 N–H and O–H groups in total. The monoisotopic (exact) mass is 278 g/mol. The summed E-state index contributed by atoms with van der Waals surface area (Å²) in [6.45, 7) is 4.33. The van der Waals surface area contributed by atoms with Gasteiger partial charge in [0, 0.05) is 12.6 Å². The molecule has 5 nitrogen and oxygen atoms in total. The zero-order valence-electron chi connectivity index (χ0n) is 11.9. The molecule has 1 rings (SSSR count). The highest BCUT2D eigenvalue weighted by Crippen LogP contribution is 2.14. The van der Waals surface area contributed by atoms with Crippen molar-refractivity contribution in [3.63, 3.8) is 0 Å². The van der Waals surface area contributed by atoms with Gasteiger partial charge in [0.1, 0.15) is 0 Å². The number of carboxylic acid groups (broad SMARTS) is 1. The Hall–Kier alpha value is -1.88. The first-order valence-electron chi connectivity index (χ1n) is 6.82. The van der Waals surface area contributed by atoms with E-state index < -0.39 is 11.9 Å². The Bertz CT molecular complexity index is 434. The smallest absolute Gasteiger partial charge is 0.312 e. The van der Waals surface area contributed by atoms with E-state index in [1.807, 2.05) is 19.9 Å². The number of amides is 1. The molecule has 0 aliphatic carbocycles. The summed E-state index contributed by atoms with van der Waals surface area (Å²) >= 11 is 0. The minimum atomic E-state index is -0.939. The van der Waals surface area contributed by atoms with Gasteiger partial charge in [-0.3, -0.25) is 9.59 Å². The van der Waals surface area contributed by atoms with Crippen LogP contribution in [0.4, 0.5) is 0 Å². The Balaban J connectivity index is 2.48. The van der Waals surface area contributed by atoms with Crippen LogP contribution >= 0.6 is 0 Å². The second kappa shape index (κ2) is 8.32. The van der Waals surface area contributed by atoms with Crippen LogP contribution in [0.25, 0.3) is 0 Å². The standard InChI is InChI=1S/C15H22N2O3/c1-3-11(2)16-10-14(18)17-9-13(15(19)20)12-7-5-4-6-8-12/h4-8,11,13,16H,3,9-10H2,1-2H3,(H,17,18)(H,19,20). The van der Waals surface area contributed by atoms with Crippen LogP contribution in [0.15, 0.2) is 30.3 Å². The predicted molar refractivity (Wildman–Crippen MR) is 77.6 cm³/mol. The van der Waals surface area contributed by atoms with Crippen LogP contribution in [0.2, 0.25) is 0 Å². The molecule has 2 atom stereocenters. The van der Waals surface area contributed by atoms with E-state index in [2.05, 4.69) is 10.6 Å². The van der Waals surface area contributed by atoms with Gasteiger partial charge >= 0.3 is 5.97 Å². The van der Waals surface area contributed by atoms with Gasteiger partial charge in [-0.1, -0.05) is 37.3 Å². The Morgan fingerprint density at radius 1 is 1.25 bits per heavy atom. The second-order valence-electron chi connectivity index (χ2n) is 4.80. The summed E-state index contributed by atoms with van der Waals surface area (Å²) in [5.74, 6) is -1.84. The summed E-state index contributed by atoms with van der Waals surface area (Å²) in [5, 5.41) is 15.0. The molecule has 5 heteroatoms. The van der Waals surface area contributed by atoms with Gasteiger partial charge in [-0.25, -0.2) is 0 Å². The average Bonchev–Trinajstić information content (AvgIpc) is 2.45. The first kappa shape index (κ1) is 16.2. The predicted octanol–water partition coefficient (Wildman–Crippen LogP) is 1.36. The van der Waals surface area contributed by atoms with E-state index in [4.69, 9.17) is 0 Å². The lowest BCUT2D eigenvalue weighted by atomic mass is 9.99. The Labute approximate surface area is 119 Å². The molecule has 1 aromatic carbocycles. The van der Waals surface area contributed by atoms with Crippen molar-refractivity contribution < 1.29 is 14.7 Å². The third-order valence-corrected chi connectivity index (χ3v) is 3.23. The molecule has 0 bridgehead atoms. The van der Waals surface area contributed by atoms with Crippen LogP contribution in [0.3, 0.4) is 0 Å². The molecule has 0 aromatic heterocycles. The number of nitrogens with one attached hydrogen (secondary N) is 2. The molecule has 0 fully saturated rings. The third kappa shape index (κ3) is 5.40. The van der Waals surface area contributed by atoms with Gasteiger partial charge in [-0.05, 0) is 18.9 Å². The van der Waals surface area contributed by atoms with Crippen molar-refractivity contribution in [3.8, 4) is 0 Å². The van der Waals surface area contributed by atoms with Gasteiger partial charge in [0.25, 0.3) is 0 Å². The van der Waals surface area contributed by atoms with Gasteiger partial charge < -0.3 is 15.7 Å². The van der Waals surface area contributed by atoms with E-state index in [0.29, 0.717) is 5.56 Å². The van der Waals surface area contributed by atoms with Crippen LogP contribution in [0, 0.1) is 0 Å². The van der Waals surface area contributed by atoms with Gasteiger partial charge in [0.15, 0.2) is 0 Å². The fourth-order valence-corrected chi connectivity index (χ4v) is 1.72. The van der Waals surface area contributed by atoms with Crippen molar-refractivity contribution in [2.75, 3.05) is 13.1 Å². The molecular weight excluding hydrogens is 256 g/mol. The van der Waals surface area contributed by atoms with Crippen LogP contribution < -0.4 is 10.6 Å². The number of carboxylic acids is 1. The summed E-state index contributed by atoms with van der Waals surface area (Å²) in [4.78, 5) is 22.9. The van der Waals surface area contributed by atoms with E-state index in [1.54, 1.807) is 24.3 Å². The topological polar surface area (TPSA) is 78.4 Å². The van der Waals surface area contributed by atoms with Gasteiger partial charge in [-0.2, -0.15) is 0 Å². The molecule has 0 saturated carbocycles. The van der Waals surface area contributed by atoms with Crippen molar-refractivity contribution >= 4 is 11.9 Å². The quantitative estimate of drug-likeness (QED) is 0.671. The zero-order valence-corrected chi connectivity index (χ0v) is 11.9. The molecule has 1 amide bonds. The highest BCUT2D eigenvalue weighted by atomic mass is 16.4. The lowest BCUT2D eigenvalue weighted by molar-refractivity contribution is -0.138.